The summed E-state index contributed by atoms with van der Waals surface area (Å²) in [6.45, 7) is 3.17. The molecule has 0 spiro atoms. The van der Waals surface area contributed by atoms with E-state index in [1.807, 2.05) is 6.92 Å². The normalized spacial score (nSPS) is 22.7. The fraction of sp³-hybridized carbons (Fsp3) is 0.565. The van der Waals surface area contributed by atoms with Crippen LogP contribution in [0.25, 0.3) is 10.4 Å². The number of pyridine rings is 1. The first-order valence-corrected chi connectivity index (χ1v) is 12.7. The summed E-state index contributed by atoms with van der Waals surface area (Å²) < 4.78 is 72.2. The summed E-state index contributed by atoms with van der Waals surface area (Å²) in [6, 6.07) is -2.11. The molecule has 4 heterocycles. The molecule has 9 nitrogen and oxygen atoms in total. The van der Waals surface area contributed by atoms with Crippen LogP contribution in [0.5, 0.6) is 0 Å². The van der Waals surface area contributed by atoms with Gasteiger partial charge in [0.2, 0.25) is 0 Å². The van der Waals surface area contributed by atoms with Crippen LogP contribution in [0.4, 0.5) is 27.8 Å². The van der Waals surface area contributed by atoms with Crippen LogP contribution in [0.3, 0.4) is 0 Å². The molecule has 0 saturated carbocycles. The topological polar surface area (TPSA) is 117 Å². The molecule has 208 valence electrons. The number of aromatic nitrogens is 2. The van der Waals surface area contributed by atoms with E-state index in [2.05, 4.69) is 20.6 Å². The van der Waals surface area contributed by atoms with Gasteiger partial charge in [-0.15, -0.1) is 11.3 Å². The van der Waals surface area contributed by atoms with Crippen LogP contribution in [0, 0.1) is 0 Å². The molecule has 0 bridgehead atoms. The number of thiazole rings is 1. The average Bonchev–Trinajstić information content (AvgIpc) is 3.58. The van der Waals surface area contributed by atoms with E-state index in [9.17, 15) is 36.6 Å². The lowest BCUT2D eigenvalue weighted by Gasteiger charge is -2.21. The van der Waals surface area contributed by atoms with Gasteiger partial charge in [0.05, 0.1) is 30.2 Å². The number of hydrogen-bond donors (Lipinski definition) is 3. The van der Waals surface area contributed by atoms with Gasteiger partial charge in [-0.2, -0.15) is 13.2 Å². The number of hydrogen-bond acceptors (Lipinski definition) is 8. The maximum atomic E-state index is 14.1. The largest absolute Gasteiger partial charge is 0.408 e. The fourth-order valence-corrected chi connectivity index (χ4v) is 5.24. The Morgan fingerprint density at radius 3 is 2.61 bits per heavy atom. The minimum atomic E-state index is -4.63. The molecular formula is C23H26F5N5O4S. The van der Waals surface area contributed by atoms with Crippen molar-refractivity contribution in [1.82, 2.24) is 20.2 Å². The lowest BCUT2D eigenvalue weighted by atomic mass is 10.1. The number of rotatable bonds is 7. The van der Waals surface area contributed by atoms with Crippen LogP contribution in [0.15, 0.2) is 12.3 Å². The van der Waals surface area contributed by atoms with E-state index in [-0.39, 0.29) is 40.4 Å². The maximum Gasteiger partial charge on any atom is 0.408 e. The lowest BCUT2D eigenvalue weighted by Crippen LogP contribution is -2.42. The number of anilines is 1. The first-order chi connectivity index (χ1) is 17.9. The van der Waals surface area contributed by atoms with Crippen LogP contribution in [0.1, 0.15) is 59.0 Å². The van der Waals surface area contributed by atoms with Gasteiger partial charge in [-0.05, 0) is 32.8 Å². The van der Waals surface area contributed by atoms with E-state index in [0.717, 1.165) is 32.0 Å². The van der Waals surface area contributed by atoms with E-state index in [0.29, 0.717) is 17.9 Å². The highest BCUT2D eigenvalue weighted by molar-refractivity contribution is 7.17. The molecule has 3 N–H and O–H groups in total. The molecule has 2 saturated heterocycles. The molecule has 38 heavy (non-hydrogen) atoms. The summed E-state index contributed by atoms with van der Waals surface area (Å²) in [6.07, 6.45) is -6.29. The maximum absolute atomic E-state index is 14.1. The second-order valence-electron chi connectivity index (χ2n) is 9.24. The lowest BCUT2D eigenvalue weighted by molar-refractivity contribution is -0.138. The molecule has 1 unspecified atom stereocenters. The number of nitrogens with zero attached hydrogens (tertiary/aromatic N) is 3. The standard InChI is InChI=1S/C23H26F5N5O4S/c1-10-4-3-5-33(10)22(36)17-18(38-21(32-17)20(35)31-14-8-37-9-15(14)34)13-7-29-16(6-12(13)19(24)25)30-11(2)23(26,27)28/h6-7,10-11,14-15,19,34H,3-5,8-9H2,1-2H3,(H,29,30)(H,31,35)/t10-,11?,14-,15+/m0/s1. The predicted molar refractivity (Wildman–Crippen MR) is 127 cm³/mol. The zero-order valence-corrected chi connectivity index (χ0v) is 21.2. The van der Waals surface area contributed by atoms with Crippen molar-refractivity contribution in [2.24, 2.45) is 0 Å². The number of amides is 2. The molecule has 0 aliphatic carbocycles. The average molecular weight is 564 g/mol. The molecule has 0 radical (unpaired) electrons. The number of ether oxygens (including phenoxy) is 1. The molecule has 0 aromatic carbocycles. The number of halogens is 5. The van der Waals surface area contributed by atoms with Gasteiger partial charge < -0.3 is 25.4 Å². The van der Waals surface area contributed by atoms with Crippen molar-refractivity contribution >= 4 is 29.0 Å². The molecular weight excluding hydrogens is 537 g/mol. The molecule has 2 aromatic heterocycles. The van der Waals surface area contributed by atoms with Gasteiger partial charge in [-0.25, -0.2) is 18.7 Å². The summed E-state index contributed by atoms with van der Waals surface area (Å²) in [5.41, 5.74) is -1.12. The molecule has 2 aromatic rings. The highest BCUT2D eigenvalue weighted by Crippen LogP contribution is 2.39. The van der Waals surface area contributed by atoms with E-state index in [1.165, 1.54) is 4.90 Å². The van der Waals surface area contributed by atoms with E-state index < -0.39 is 54.0 Å². The Bertz CT molecular complexity index is 1190. The smallest absolute Gasteiger partial charge is 0.388 e. The highest BCUT2D eigenvalue weighted by Gasteiger charge is 2.37. The van der Waals surface area contributed by atoms with Gasteiger partial charge in [-0.1, -0.05) is 0 Å². The van der Waals surface area contributed by atoms with Crippen molar-refractivity contribution in [2.75, 3.05) is 25.1 Å². The van der Waals surface area contributed by atoms with E-state index >= 15 is 0 Å². The Hall–Kier alpha value is -2.91. The molecule has 4 rings (SSSR count). The Kier molecular flexibility index (Phi) is 8.18. The van der Waals surface area contributed by atoms with Crippen molar-refractivity contribution in [1.29, 1.82) is 0 Å². The summed E-state index contributed by atoms with van der Waals surface area (Å²) in [4.78, 5) is 35.9. The molecule has 15 heteroatoms. The van der Waals surface area contributed by atoms with Crippen molar-refractivity contribution < 1.29 is 41.4 Å². The Morgan fingerprint density at radius 1 is 1.29 bits per heavy atom. The number of carbonyl (C=O) groups excluding carboxylic acids is 2. The molecule has 4 atom stereocenters. The minimum Gasteiger partial charge on any atom is -0.388 e. The van der Waals surface area contributed by atoms with Crippen LogP contribution >= 0.6 is 11.3 Å². The Morgan fingerprint density at radius 2 is 2.03 bits per heavy atom. The third kappa shape index (κ3) is 5.89. The third-order valence-electron chi connectivity index (χ3n) is 6.48. The molecule has 2 fully saturated rings. The number of carbonyl (C=O) groups is 2. The van der Waals surface area contributed by atoms with Gasteiger partial charge in [0, 0.05) is 29.9 Å². The molecule has 2 amide bonds. The first kappa shape index (κ1) is 28.1. The van der Waals surface area contributed by atoms with Crippen molar-refractivity contribution in [3.05, 3.63) is 28.5 Å². The van der Waals surface area contributed by atoms with E-state index in [4.69, 9.17) is 4.74 Å². The van der Waals surface area contributed by atoms with E-state index in [1.54, 1.807) is 0 Å². The zero-order chi connectivity index (χ0) is 27.8. The number of aliphatic hydroxyl groups excluding tert-OH is 1. The SMILES string of the molecule is CC(Nc1cc(C(F)F)c(-c2sc(C(=O)N[C@H]3COC[C@H]3O)nc2C(=O)N2CCC[C@@H]2C)cn1)C(F)(F)F. The number of nitrogens with one attached hydrogen (secondary N) is 2. The first-order valence-electron chi connectivity index (χ1n) is 11.9. The number of alkyl halides is 5. The fourth-order valence-electron chi connectivity index (χ4n) is 4.25. The predicted octanol–water partition coefficient (Wildman–Crippen LogP) is 3.62. The summed E-state index contributed by atoms with van der Waals surface area (Å²) in [5.74, 6) is -1.71. The zero-order valence-electron chi connectivity index (χ0n) is 20.4. The third-order valence-corrected chi connectivity index (χ3v) is 7.56. The van der Waals surface area contributed by atoms with Crippen molar-refractivity contribution in [2.45, 2.75) is 63.5 Å². The second kappa shape index (κ2) is 11.1. The second-order valence-corrected chi connectivity index (χ2v) is 10.2. The quantitative estimate of drug-likeness (QED) is 0.441. The molecule has 2 aliphatic heterocycles. The van der Waals surface area contributed by atoms with Crippen LogP contribution in [0.2, 0.25) is 0 Å². The van der Waals surface area contributed by atoms with Gasteiger partial charge in [0.25, 0.3) is 18.2 Å². The minimum absolute atomic E-state index is 0.0292. The van der Waals surface area contributed by atoms with Gasteiger partial charge >= 0.3 is 6.18 Å². The van der Waals surface area contributed by atoms with Crippen LogP contribution in [-0.2, 0) is 4.74 Å². The van der Waals surface area contributed by atoms with Crippen molar-refractivity contribution in [3.63, 3.8) is 0 Å². The number of likely N-dealkylation sites (tertiary alicyclic amines) is 1. The summed E-state index contributed by atoms with van der Waals surface area (Å²) >= 11 is 0.682. The van der Waals surface area contributed by atoms with Gasteiger partial charge in [-0.3, -0.25) is 9.59 Å². The highest BCUT2D eigenvalue weighted by atomic mass is 32.1. The number of aliphatic hydroxyl groups is 1. The Labute approximate surface area is 218 Å². The van der Waals surface area contributed by atoms with Crippen LogP contribution < -0.4 is 10.6 Å². The van der Waals surface area contributed by atoms with Crippen LogP contribution in [-0.4, -0.2) is 82.0 Å². The molecule has 2 aliphatic rings. The summed E-state index contributed by atoms with van der Waals surface area (Å²) in [5, 5.41) is 14.3. The Balaban J connectivity index is 1.74. The monoisotopic (exact) mass is 563 g/mol. The summed E-state index contributed by atoms with van der Waals surface area (Å²) in [7, 11) is 0. The van der Waals surface area contributed by atoms with Gasteiger partial charge in [0.1, 0.15) is 17.6 Å². The van der Waals surface area contributed by atoms with Gasteiger partial charge in [0.15, 0.2) is 5.01 Å². The van der Waals surface area contributed by atoms with Crippen molar-refractivity contribution in [3.8, 4) is 10.4 Å².